The van der Waals surface area contributed by atoms with E-state index in [0.29, 0.717) is 0 Å². The molecule has 0 radical (unpaired) electrons. The van der Waals surface area contributed by atoms with Crippen LogP contribution in [0.3, 0.4) is 0 Å². The first kappa shape index (κ1) is 7.07. The van der Waals surface area contributed by atoms with E-state index in [1.54, 1.807) is 0 Å². The van der Waals surface area contributed by atoms with Gasteiger partial charge in [0.1, 0.15) is 0 Å². The van der Waals surface area contributed by atoms with Crippen molar-refractivity contribution in [3.63, 3.8) is 0 Å². The summed E-state index contributed by atoms with van der Waals surface area (Å²) in [4.78, 5) is 2.18. The molecule has 2 unspecified atom stereocenters. The summed E-state index contributed by atoms with van der Waals surface area (Å²) in [7, 11) is 3.93. The van der Waals surface area contributed by atoms with Crippen molar-refractivity contribution in [3.05, 3.63) is 7.05 Å². The molecule has 1 heterocycles. The lowest BCUT2D eigenvalue weighted by molar-refractivity contribution is 0.189. The molecular formula is C8H16N-. The van der Waals surface area contributed by atoms with Crippen LogP contribution in [0.1, 0.15) is 20.3 Å². The number of nitrogens with zero attached hydrogens (tertiary/aromatic N) is 1. The van der Waals surface area contributed by atoms with Gasteiger partial charge in [-0.15, -0.1) is 0 Å². The molecule has 0 spiro atoms. The lowest BCUT2D eigenvalue weighted by atomic mass is 9.92. The summed E-state index contributed by atoms with van der Waals surface area (Å²) >= 11 is 0. The first-order valence-corrected chi connectivity index (χ1v) is 3.74. The molecule has 0 aromatic heterocycles. The predicted octanol–water partition coefficient (Wildman–Crippen LogP) is 1.76. The first-order chi connectivity index (χ1) is 4.18. The largest absolute Gasteiger partial charge is 0.459 e. The van der Waals surface area contributed by atoms with Crippen molar-refractivity contribution in [2.45, 2.75) is 20.3 Å². The third-order valence-corrected chi connectivity index (χ3v) is 1.94. The molecule has 1 saturated heterocycles. The van der Waals surface area contributed by atoms with Gasteiger partial charge < -0.3 is 4.90 Å². The van der Waals surface area contributed by atoms with E-state index in [1.807, 2.05) is 0 Å². The Morgan fingerprint density at radius 1 is 1.22 bits per heavy atom. The van der Waals surface area contributed by atoms with Gasteiger partial charge in [0, 0.05) is 0 Å². The van der Waals surface area contributed by atoms with Crippen molar-refractivity contribution in [1.29, 1.82) is 0 Å². The van der Waals surface area contributed by atoms with Gasteiger partial charge in [-0.2, -0.15) is 0 Å². The Balaban J connectivity index is 2.34. The van der Waals surface area contributed by atoms with E-state index >= 15 is 0 Å². The molecule has 0 aromatic carbocycles. The Kier molecular flexibility index (Phi) is 2.12. The molecule has 0 aliphatic carbocycles. The summed E-state index contributed by atoms with van der Waals surface area (Å²) in [5, 5.41) is 0. The monoisotopic (exact) mass is 126 g/mol. The van der Waals surface area contributed by atoms with Crippen molar-refractivity contribution in [3.8, 4) is 0 Å². The number of hydrogen-bond acceptors (Lipinski definition) is 1. The average Bonchev–Trinajstić information content (AvgIpc) is 1.59. The fourth-order valence-corrected chi connectivity index (χ4v) is 1.79. The zero-order chi connectivity index (χ0) is 6.85. The molecule has 0 N–H and O–H groups in total. The van der Waals surface area contributed by atoms with Crippen LogP contribution in [0, 0.1) is 18.9 Å². The van der Waals surface area contributed by atoms with Crippen molar-refractivity contribution in [2.24, 2.45) is 11.8 Å². The highest BCUT2D eigenvalue weighted by molar-refractivity contribution is 4.73. The Bertz CT molecular complexity index is 65.5. The van der Waals surface area contributed by atoms with Gasteiger partial charge in [0.15, 0.2) is 0 Å². The molecular weight excluding hydrogens is 110 g/mol. The molecule has 0 aromatic rings. The van der Waals surface area contributed by atoms with Crippen molar-refractivity contribution in [2.75, 3.05) is 13.1 Å². The molecule has 1 rings (SSSR count). The van der Waals surface area contributed by atoms with Gasteiger partial charge in [0.05, 0.1) is 0 Å². The summed E-state index contributed by atoms with van der Waals surface area (Å²) in [6.45, 7) is 6.97. The van der Waals surface area contributed by atoms with Crippen LogP contribution in [0.25, 0.3) is 0 Å². The molecule has 1 aliphatic heterocycles. The van der Waals surface area contributed by atoms with Gasteiger partial charge in [-0.05, 0) is 31.3 Å². The van der Waals surface area contributed by atoms with Gasteiger partial charge in [-0.3, -0.25) is 7.05 Å². The lowest BCUT2D eigenvalue weighted by Gasteiger charge is -2.37. The fourth-order valence-electron chi connectivity index (χ4n) is 1.79. The third-order valence-electron chi connectivity index (χ3n) is 1.94. The summed E-state index contributed by atoms with van der Waals surface area (Å²) < 4.78 is 0. The molecule has 2 atom stereocenters. The van der Waals surface area contributed by atoms with E-state index in [0.717, 1.165) is 11.8 Å². The van der Waals surface area contributed by atoms with Gasteiger partial charge in [0.2, 0.25) is 0 Å². The molecule has 0 saturated carbocycles. The molecule has 54 valence electrons. The maximum atomic E-state index is 3.93. The highest BCUT2D eigenvalue weighted by atomic mass is 15.1. The van der Waals surface area contributed by atoms with Crippen LogP contribution < -0.4 is 0 Å². The third kappa shape index (κ3) is 1.98. The topological polar surface area (TPSA) is 3.24 Å². The Labute approximate surface area is 58.0 Å². The normalized spacial score (nSPS) is 39.0. The molecule has 0 amide bonds. The van der Waals surface area contributed by atoms with Crippen LogP contribution in [-0.4, -0.2) is 18.0 Å². The second-order valence-corrected chi connectivity index (χ2v) is 3.48. The van der Waals surface area contributed by atoms with E-state index in [9.17, 15) is 0 Å². The highest BCUT2D eigenvalue weighted by Crippen LogP contribution is 2.19. The van der Waals surface area contributed by atoms with E-state index in [2.05, 4.69) is 25.8 Å². The quantitative estimate of drug-likeness (QED) is 0.447. The maximum Gasteiger partial charge on any atom is -0.0277 e. The highest BCUT2D eigenvalue weighted by Gasteiger charge is 2.14. The van der Waals surface area contributed by atoms with Crippen molar-refractivity contribution >= 4 is 0 Å². The van der Waals surface area contributed by atoms with Crippen LogP contribution in [-0.2, 0) is 0 Å². The SMILES string of the molecule is [CH2-]N1CC(C)CC(C)C1. The van der Waals surface area contributed by atoms with Crippen LogP contribution >= 0.6 is 0 Å². The zero-order valence-corrected chi connectivity index (χ0v) is 6.43. The van der Waals surface area contributed by atoms with Gasteiger partial charge in [-0.25, -0.2) is 0 Å². The standard InChI is InChI=1S/C8H16N/c1-7-4-8(2)6-9(3)5-7/h7-8H,3-6H2,1-2H3/q-1. The Morgan fingerprint density at radius 3 is 2.00 bits per heavy atom. The van der Waals surface area contributed by atoms with E-state index in [4.69, 9.17) is 0 Å². The summed E-state index contributed by atoms with van der Waals surface area (Å²) in [5.74, 6) is 1.71. The molecule has 1 aliphatic rings. The van der Waals surface area contributed by atoms with Crippen molar-refractivity contribution < 1.29 is 0 Å². The van der Waals surface area contributed by atoms with Crippen LogP contribution in [0.5, 0.6) is 0 Å². The summed E-state index contributed by atoms with van der Waals surface area (Å²) in [6, 6.07) is 0. The molecule has 9 heavy (non-hydrogen) atoms. The second kappa shape index (κ2) is 2.70. The number of rotatable bonds is 0. The minimum Gasteiger partial charge on any atom is -0.459 e. The van der Waals surface area contributed by atoms with Gasteiger partial charge >= 0.3 is 0 Å². The van der Waals surface area contributed by atoms with E-state index < -0.39 is 0 Å². The second-order valence-electron chi connectivity index (χ2n) is 3.48. The summed E-state index contributed by atoms with van der Waals surface area (Å²) in [5.41, 5.74) is 0. The van der Waals surface area contributed by atoms with Gasteiger partial charge in [-0.1, -0.05) is 13.8 Å². The number of hydrogen-bond donors (Lipinski definition) is 0. The summed E-state index contributed by atoms with van der Waals surface area (Å²) in [6.07, 6.45) is 1.38. The smallest absolute Gasteiger partial charge is 0.0277 e. The molecule has 1 fully saturated rings. The predicted molar refractivity (Wildman–Crippen MR) is 39.9 cm³/mol. The van der Waals surface area contributed by atoms with E-state index in [-0.39, 0.29) is 0 Å². The van der Waals surface area contributed by atoms with Crippen LogP contribution in [0.4, 0.5) is 0 Å². The minimum absolute atomic E-state index is 0.853. The van der Waals surface area contributed by atoms with Gasteiger partial charge in [0.25, 0.3) is 0 Å². The first-order valence-electron chi connectivity index (χ1n) is 3.74. The molecule has 1 nitrogen and oxygen atoms in total. The number of likely N-dealkylation sites (tertiary alicyclic amines) is 1. The Morgan fingerprint density at radius 2 is 1.67 bits per heavy atom. The lowest BCUT2D eigenvalue weighted by Crippen LogP contribution is -2.34. The van der Waals surface area contributed by atoms with Crippen molar-refractivity contribution in [1.82, 2.24) is 4.90 Å². The zero-order valence-electron chi connectivity index (χ0n) is 6.43. The number of piperidine rings is 1. The average molecular weight is 126 g/mol. The van der Waals surface area contributed by atoms with E-state index in [1.165, 1.54) is 19.5 Å². The fraction of sp³-hybridized carbons (Fsp3) is 0.875. The maximum absolute atomic E-state index is 3.93. The molecule has 0 bridgehead atoms. The Hall–Kier alpha value is -0.0400. The molecule has 1 heteroatoms. The van der Waals surface area contributed by atoms with Crippen LogP contribution in [0.2, 0.25) is 0 Å². The van der Waals surface area contributed by atoms with Crippen LogP contribution in [0.15, 0.2) is 0 Å². The minimum atomic E-state index is 0.853.